The Bertz CT molecular complexity index is 1190. The molecule has 3 aromatic rings. The molecular weight excluding hydrogens is 470 g/mol. The number of aromatic amines is 1. The lowest BCUT2D eigenvalue weighted by atomic mass is 10.0. The van der Waals surface area contributed by atoms with Crippen molar-refractivity contribution in [2.24, 2.45) is 0 Å². The van der Waals surface area contributed by atoms with Crippen LogP contribution >= 0.6 is 34.7 Å². The molecule has 1 aromatic carbocycles. The molecule has 2 N–H and O–H groups in total. The number of aryl methyl sites for hydroxylation is 2. The van der Waals surface area contributed by atoms with Gasteiger partial charge in [-0.2, -0.15) is 0 Å². The summed E-state index contributed by atoms with van der Waals surface area (Å²) in [6.45, 7) is 5.65. The number of aromatic nitrogens is 2. The van der Waals surface area contributed by atoms with E-state index in [0.717, 1.165) is 16.0 Å². The highest BCUT2D eigenvalue weighted by atomic mass is 35.5. The molecule has 32 heavy (non-hydrogen) atoms. The van der Waals surface area contributed by atoms with Crippen LogP contribution in [0.4, 0.5) is 0 Å². The second kappa shape index (κ2) is 10.5. The number of carbonyl (C=O) groups is 2. The molecule has 2 unspecified atom stereocenters. The highest BCUT2D eigenvalue weighted by Crippen LogP contribution is 2.27. The SMILES string of the molecule is COC(=O)CC(NC(=O)C(C)SCc1nc2sc(C)c(C)c2c(=O)[nH]1)c1ccc(Cl)cc1. The molecule has 2 atom stereocenters. The maximum absolute atomic E-state index is 12.8. The van der Waals surface area contributed by atoms with E-state index in [-0.39, 0.29) is 17.9 Å². The van der Waals surface area contributed by atoms with Gasteiger partial charge < -0.3 is 15.0 Å². The molecule has 3 rings (SSSR count). The first-order chi connectivity index (χ1) is 15.2. The molecule has 0 aliphatic heterocycles. The van der Waals surface area contributed by atoms with Crippen molar-refractivity contribution in [1.82, 2.24) is 15.3 Å². The van der Waals surface area contributed by atoms with E-state index >= 15 is 0 Å². The van der Waals surface area contributed by atoms with E-state index in [1.165, 1.54) is 30.2 Å². The number of halogens is 1. The number of H-pyrrole nitrogens is 1. The molecule has 2 aromatic heterocycles. The molecule has 0 radical (unpaired) electrons. The van der Waals surface area contributed by atoms with Gasteiger partial charge in [0.1, 0.15) is 10.7 Å². The van der Waals surface area contributed by atoms with Crippen LogP contribution in [-0.2, 0) is 20.1 Å². The second-order valence-electron chi connectivity index (χ2n) is 7.32. The number of nitrogens with one attached hydrogen (secondary N) is 2. The normalized spacial score (nSPS) is 13.0. The van der Waals surface area contributed by atoms with Gasteiger partial charge in [0.25, 0.3) is 5.56 Å². The first-order valence-electron chi connectivity index (χ1n) is 9.92. The van der Waals surface area contributed by atoms with E-state index in [1.54, 1.807) is 31.2 Å². The molecule has 0 spiro atoms. The molecule has 10 heteroatoms. The fourth-order valence-corrected chi connectivity index (χ4v) is 5.07. The smallest absolute Gasteiger partial charge is 0.307 e. The Morgan fingerprint density at radius 1 is 1.28 bits per heavy atom. The number of esters is 1. The summed E-state index contributed by atoms with van der Waals surface area (Å²) in [6, 6.07) is 6.41. The molecule has 0 fully saturated rings. The standard InChI is InChI=1S/C22H24ClN3O4S2/c1-11-12(2)32-22-19(11)21(29)25-17(26-22)10-31-13(3)20(28)24-16(9-18(27)30-4)14-5-7-15(23)8-6-14/h5-8,13,16H,9-10H2,1-4H3,(H,24,28)(H,25,26,29). The van der Waals surface area contributed by atoms with Gasteiger partial charge in [-0.25, -0.2) is 4.98 Å². The lowest BCUT2D eigenvalue weighted by Gasteiger charge is -2.20. The average molecular weight is 494 g/mol. The number of rotatable bonds is 8. The fraction of sp³-hybridized carbons (Fsp3) is 0.364. The molecular formula is C22H24ClN3O4S2. The lowest BCUT2D eigenvalue weighted by Crippen LogP contribution is -2.35. The monoisotopic (exact) mass is 493 g/mol. The number of benzene rings is 1. The highest BCUT2D eigenvalue weighted by molar-refractivity contribution is 7.99. The molecule has 7 nitrogen and oxygen atoms in total. The van der Waals surface area contributed by atoms with E-state index in [4.69, 9.17) is 16.3 Å². The fourth-order valence-electron chi connectivity index (χ4n) is 3.13. The summed E-state index contributed by atoms with van der Waals surface area (Å²) in [5, 5.41) is 3.67. The van der Waals surface area contributed by atoms with Crippen molar-refractivity contribution in [3.8, 4) is 0 Å². The first kappa shape index (κ1) is 24.3. The van der Waals surface area contributed by atoms with Crippen molar-refractivity contribution in [2.45, 2.75) is 44.2 Å². The number of hydrogen-bond donors (Lipinski definition) is 2. The molecule has 0 bridgehead atoms. The number of amides is 1. The van der Waals surface area contributed by atoms with E-state index in [0.29, 0.717) is 26.8 Å². The third-order valence-corrected chi connectivity index (χ3v) is 7.62. The summed E-state index contributed by atoms with van der Waals surface area (Å²) < 4.78 is 4.77. The summed E-state index contributed by atoms with van der Waals surface area (Å²) in [7, 11) is 1.31. The Labute approximate surface area is 198 Å². The van der Waals surface area contributed by atoms with Crippen LogP contribution in [0.3, 0.4) is 0 Å². The van der Waals surface area contributed by atoms with E-state index < -0.39 is 17.3 Å². The van der Waals surface area contributed by atoms with Crippen LogP contribution in [-0.4, -0.2) is 34.2 Å². The lowest BCUT2D eigenvalue weighted by molar-refractivity contribution is -0.141. The second-order valence-corrected chi connectivity index (χ2v) is 10.3. The minimum absolute atomic E-state index is 0.00385. The highest BCUT2D eigenvalue weighted by Gasteiger charge is 2.23. The van der Waals surface area contributed by atoms with Crippen molar-refractivity contribution >= 4 is 56.8 Å². The zero-order valence-electron chi connectivity index (χ0n) is 18.2. The van der Waals surface area contributed by atoms with Crippen LogP contribution < -0.4 is 10.9 Å². The van der Waals surface area contributed by atoms with Crippen LogP contribution in [0.15, 0.2) is 29.1 Å². The number of nitrogens with zero attached hydrogens (tertiary/aromatic N) is 1. The first-order valence-corrected chi connectivity index (χ1v) is 12.2. The maximum Gasteiger partial charge on any atom is 0.307 e. The number of fused-ring (bicyclic) bond motifs is 1. The average Bonchev–Trinajstić information content (AvgIpc) is 3.05. The number of ether oxygens (including phenoxy) is 1. The number of methoxy groups -OCH3 is 1. The van der Waals surface area contributed by atoms with Gasteiger partial charge in [0.05, 0.1) is 36.0 Å². The van der Waals surface area contributed by atoms with Crippen molar-refractivity contribution < 1.29 is 14.3 Å². The minimum atomic E-state index is -0.540. The largest absolute Gasteiger partial charge is 0.469 e. The number of carbonyl (C=O) groups excluding carboxylic acids is 2. The Balaban J connectivity index is 1.68. The van der Waals surface area contributed by atoms with E-state index in [2.05, 4.69) is 15.3 Å². The van der Waals surface area contributed by atoms with Gasteiger partial charge in [0, 0.05) is 9.90 Å². The zero-order chi connectivity index (χ0) is 23.4. The Kier molecular flexibility index (Phi) is 7.97. The molecule has 0 saturated heterocycles. The van der Waals surface area contributed by atoms with Gasteiger partial charge in [-0.1, -0.05) is 23.7 Å². The summed E-state index contributed by atoms with van der Waals surface area (Å²) in [4.78, 5) is 46.2. The van der Waals surface area contributed by atoms with Crippen molar-refractivity contribution in [3.05, 3.63) is 61.5 Å². The van der Waals surface area contributed by atoms with Gasteiger partial charge in [-0.3, -0.25) is 14.4 Å². The predicted octanol–water partition coefficient (Wildman–Crippen LogP) is 4.30. The predicted molar refractivity (Wildman–Crippen MR) is 129 cm³/mol. The summed E-state index contributed by atoms with van der Waals surface area (Å²) >= 11 is 8.79. The Hall–Kier alpha value is -2.36. The van der Waals surface area contributed by atoms with E-state index in [1.807, 2.05) is 13.8 Å². The van der Waals surface area contributed by atoms with Gasteiger partial charge in [-0.05, 0) is 44.0 Å². The zero-order valence-corrected chi connectivity index (χ0v) is 20.5. The van der Waals surface area contributed by atoms with Gasteiger partial charge in [-0.15, -0.1) is 23.1 Å². The van der Waals surface area contributed by atoms with Gasteiger partial charge in [0.15, 0.2) is 0 Å². The quantitative estimate of drug-likeness (QED) is 0.454. The van der Waals surface area contributed by atoms with Gasteiger partial charge >= 0.3 is 5.97 Å². The van der Waals surface area contributed by atoms with Crippen LogP contribution in [0, 0.1) is 13.8 Å². The number of hydrogen-bond acceptors (Lipinski definition) is 7. The van der Waals surface area contributed by atoms with Crippen LogP contribution in [0.5, 0.6) is 0 Å². The molecule has 0 saturated carbocycles. The molecule has 170 valence electrons. The van der Waals surface area contributed by atoms with Crippen molar-refractivity contribution in [1.29, 1.82) is 0 Å². The van der Waals surface area contributed by atoms with Crippen LogP contribution in [0.2, 0.25) is 5.02 Å². The van der Waals surface area contributed by atoms with Crippen molar-refractivity contribution in [3.63, 3.8) is 0 Å². The number of thiophene rings is 1. The van der Waals surface area contributed by atoms with Gasteiger partial charge in [0.2, 0.25) is 5.91 Å². The van der Waals surface area contributed by atoms with E-state index in [9.17, 15) is 14.4 Å². The molecule has 1 amide bonds. The Morgan fingerprint density at radius 2 is 1.97 bits per heavy atom. The third-order valence-electron chi connectivity index (χ3n) is 5.11. The molecule has 0 aliphatic carbocycles. The Morgan fingerprint density at radius 3 is 2.62 bits per heavy atom. The van der Waals surface area contributed by atoms with Crippen molar-refractivity contribution in [2.75, 3.05) is 7.11 Å². The van der Waals surface area contributed by atoms with Crippen LogP contribution in [0.25, 0.3) is 10.2 Å². The summed E-state index contributed by atoms with van der Waals surface area (Å²) in [5.74, 6) is 0.239. The summed E-state index contributed by atoms with van der Waals surface area (Å²) in [6.07, 6.45) is 0.00385. The topological polar surface area (TPSA) is 101 Å². The van der Waals surface area contributed by atoms with Crippen LogP contribution in [0.1, 0.15) is 41.2 Å². The third kappa shape index (κ3) is 5.70. The molecule has 0 aliphatic rings. The number of thioether (sulfide) groups is 1. The maximum atomic E-state index is 12.8. The minimum Gasteiger partial charge on any atom is -0.469 e. The molecule has 2 heterocycles. The summed E-state index contributed by atoms with van der Waals surface area (Å²) in [5.41, 5.74) is 1.54.